The number of hydrogen-bond acceptors (Lipinski definition) is 4. The van der Waals surface area contributed by atoms with Gasteiger partial charge in [0.15, 0.2) is 5.82 Å². The average Bonchev–Trinajstić information content (AvgIpc) is 3.15. The molecule has 20 heavy (non-hydrogen) atoms. The van der Waals surface area contributed by atoms with Crippen LogP contribution in [0.25, 0.3) is 0 Å². The predicted octanol–water partition coefficient (Wildman–Crippen LogP) is 3.17. The summed E-state index contributed by atoms with van der Waals surface area (Å²) in [6.45, 7) is 2.67. The van der Waals surface area contributed by atoms with Crippen LogP contribution in [-0.4, -0.2) is 20.2 Å². The minimum absolute atomic E-state index is 0.101. The zero-order valence-electron chi connectivity index (χ0n) is 11.1. The Labute approximate surface area is 127 Å². The topological polar surface area (TPSA) is 55.6 Å². The molecule has 0 spiro atoms. The molecule has 106 valence electrons. The molecule has 0 bridgehead atoms. The van der Waals surface area contributed by atoms with Crippen molar-refractivity contribution >= 4 is 23.2 Å². The van der Waals surface area contributed by atoms with Crippen LogP contribution in [0.5, 0.6) is 0 Å². The van der Waals surface area contributed by atoms with Crippen LogP contribution in [0, 0.1) is 0 Å². The molecule has 0 aliphatic heterocycles. The van der Waals surface area contributed by atoms with Crippen LogP contribution >= 0.6 is 23.2 Å². The van der Waals surface area contributed by atoms with Gasteiger partial charge in [-0.25, -0.2) is 4.68 Å². The van der Waals surface area contributed by atoms with Crippen LogP contribution in [0.15, 0.2) is 18.2 Å². The quantitative estimate of drug-likeness (QED) is 0.921. The smallest absolute Gasteiger partial charge is 0.165 e. The molecule has 1 aliphatic carbocycles. The van der Waals surface area contributed by atoms with E-state index in [1.807, 2.05) is 16.8 Å². The molecule has 1 atom stereocenters. The highest BCUT2D eigenvalue weighted by Gasteiger charge is 2.27. The third-order valence-electron chi connectivity index (χ3n) is 3.45. The van der Waals surface area contributed by atoms with Gasteiger partial charge in [-0.15, -0.1) is 5.10 Å². The lowest BCUT2D eigenvalue weighted by atomic mass is 10.1. The maximum absolute atomic E-state index is 6.21. The van der Waals surface area contributed by atoms with Crippen LogP contribution in [0.1, 0.15) is 43.2 Å². The Kier molecular flexibility index (Phi) is 3.92. The second-order valence-electron chi connectivity index (χ2n) is 5.04. The molecular weight excluding hydrogens is 297 g/mol. The second kappa shape index (κ2) is 5.68. The summed E-state index contributed by atoms with van der Waals surface area (Å²) in [7, 11) is 0. The monoisotopic (exact) mass is 311 g/mol. The van der Waals surface area contributed by atoms with Crippen molar-refractivity contribution in [2.45, 2.75) is 38.4 Å². The van der Waals surface area contributed by atoms with E-state index in [9.17, 15) is 0 Å². The Morgan fingerprint density at radius 2 is 2.20 bits per heavy atom. The first-order valence-electron chi connectivity index (χ1n) is 6.60. The molecule has 1 N–H and O–H groups in total. The molecule has 0 saturated heterocycles. The minimum Gasteiger partial charge on any atom is -0.303 e. The lowest BCUT2D eigenvalue weighted by Crippen LogP contribution is -2.21. The van der Waals surface area contributed by atoms with Gasteiger partial charge >= 0.3 is 0 Å². The highest BCUT2D eigenvalue weighted by molar-refractivity contribution is 6.35. The summed E-state index contributed by atoms with van der Waals surface area (Å²) in [6.07, 6.45) is 2.33. The average molecular weight is 312 g/mol. The normalized spacial score (nSPS) is 16.4. The SMILES string of the molecule is CC(NCc1nnnn1C1CC1)c1ccc(Cl)cc1Cl. The molecule has 1 heterocycles. The van der Waals surface area contributed by atoms with Crippen molar-refractivity contribution in [3.05, 3.63) is 39.6 Å². The number of hydrogen-bond donors (Lipinski definition) is 1. The number of tetrazole rings is 1. The maximum Gasteiger partial charge on any atom is 0.165 e. The van der Waals surface area contributed by atoms with Gasteiger partial charge in [0, 0.05) is 16.1 Å². The molecule has 2 aromatic rings. The van der Waals surface area contributed by atoms with Gasteiger partial charge in [0.25, 0.3) is 0 Å². The largest absolute Gasteiger partial charge is 0.303 e. The van der Waals surface area contributed by atoms with Crippen LogP contribution in [0.4, 0.5) is 0 Å². The summed E-state index contributed by atoms with van der Waals surface area (Å²) in [5.41, 5.74) is 1.02. The second-order valence-corrected chi connectivity index (χ2v) is 5.88. The van der Waals surface area contributed by atoms with Crippen molar-refractivity contribution in [3.8, 4) is 0 Å². The number of nitrogens with zero attached hydrogens (tertiary/aromatic N) is 4. The summed E-state index contributed by atoms with van der Waals surface area (Å²) in [4.78, 5) is 0. The number of nitrogens with one attached hydrogen (secondary N) is 1. The number of rotatable bonds is 5. The fourth-order valence-electron chi connectivity index (χ4n) is 2.14. The maximum atomic E-state index is 6.21. The number of benzene rings is 1. The van der Waals surface area contributed by atoms with E-state index >= 15 is 0 Å². The molecular formula is C13H15Cl2N5. The Bertz CT molecular complexity index is 609. The van der Waals surface area contributed by atoms with Crippen LogP contribution in [0.3, 0.4) is 0 Å². The molecule has 1 aromatic carbocycles. The summed E-state index contributed by atoms with van der Waals surface area (Å²) in [5.74, 6) is 0.865. The van der Waals surface area contributed by atoms with Gasteiger partial charge in [0.05, 0.1) is 12.6 Å². The predicted molar refractivity (Wildman–Crippen MR) is 77.8 cm³/mol. The van der Waals surface area contributed by atoms with E-state index in [1.54, 1.807) is 6.07 Å². The van der Waals surface area contributed by atoms with Crippen molar-refractivity contribution in [1.82, 2.24) is 25.5 Å². The van der Waals surface area contributed by atoms with Gasteiger partial charge in [-0.1, -0.05) is 29.3 Å². The van der Waals surface area contributed by atoms with Gasteiger partial charge in [-0.2, -0.15) is 0 Å². The van der Waals surface area contributed by atoms with Crippen molar-refractivity contribution in [1.29, 1.82) is 0 Å². The first kappa shape index (κ1) is 13.8. The van der Waals surface area contributed by atoms with Gasteiger partial charge in [0.2, 0.25) is 0 Å². The standard InChI is InChI=1S/C13H15Cl2N5/c1-8(11-5-2-9(14)6-12(11)15)16-7-13-17-18-19-20(13)10-3-4-10/h2,5-6,8,10,16H,3-4,7H2,1H3. The van der Waals surface area contributed by atoms with Crippen molar-refractivity contribution < 1.29 is 0 Å². The van der Waals surface area contributed by atoms with Crippen molar-refractivity contribution in [2.24, 2.45) is 0 Å². The van der Waals surface area contributed by atoms with Crippen LogP contribution in [0.2, 0.25) is 10.0 Å². The van der Waals surface area contributed by atoms with Crippen LogP contribution < -0.4 is 5.32 Å². The van der Waals surface area contributed by atoms with E-state index in [-0.39, 0.29) is 6.04 Å². The number of aromatic nitrogens is 4. The summed E-state index contributed by atoms with van der Waals surface area (Å²) >= 11 is 12.1. The minimum atomic E-state index is 0.101. The Morgan fingerprint density at radius 3 is 2.90 bits per heavy atom. The molecule has 7 heteroatoms. The number of halogens is 2. The zero-order chi connectivity index (χ0) is 14.1. The summed E-state index contributed by atoms with van der Waals surface area (Å²) < 4.78 is 1.91. The molecule has 0 amide bonds. The molecule has 3 rings (SSSR count). The van der Waals surface area contributed by atoms with E-state index in [0.717, 1.165) is 24.2 Å². The lowest BCUT2D eigenvalue weighted by Gasteiger charge is -2.15. The van der Waals surface area contributed by atoms with Gasteiger partial charge in [-0.05, 0) is 47.9 Å². The molecule has 5 nitrogen and oxygen atoms in total. The summed E-state index contributed by atoms with van der Waals surface area (Å²) in [6, 6.07) is 6.12. The Balaban J connectivity index is 1.66. The Hall–Kier alpha value is -1.17. The van der Waals surface area contributed by atoms with Crippen molar-refractivity contribution in [3.63, 3.8) is 0 Å². The van der Waals surface area contributed by atoms with Gasteiger partial charge < -0.3 is 5.32 Å². The molecule has 1 unspecified atom stereocenters. The highest BCUT2D eigenvalue weighted by atomic mass is 35.5. The third-order valence-corrected chi connectivity index (χ3v) is 4.01. The fraction of sp³-hybridized carbons (Fsp3) is 0.462. The van der Waals surface area contributed by atoms with Gasteiger partial charge in [0.1, 0.15) is 0 Å². The Morgan fingerprint density at radius 1 is 1.40 bits per heavy atom. The van der Waals surface area contributed by atoms with Crippen molar-refractivity contribution in [2.75, 3.05) is 0 Å². The lowest BCUT2D eigenvalue weighted by molar-refractivity contribution is 0.516. The van der Waals surface area contributed by atoms with E-state index in [4.69, 9.17) is 23.2 Å². The molecule has 0 radical (unpaired) electrons. The zero-order valence-corrected chi connectivity index (χ0v) is 12.6. The first-order valence-corrected chi connectivity index (χ1v) is 7.36. The van der Waals surface area contributed by atoms with E-state index in [2.05, 4.69) is 27.8 Å². The molecule has 1 aliphatic rings. The summed E-state index contributed by atoms with van der Waals surface area (Å²) in [5, 5.41) is 16.5. The van der Waals surface area contributed by atoms with Gasteiger partial charge in [-0.3, -0.25) is 0 Å². The van der Waals surface area contributed by atoms with Crippen LogP contribution in [-0.2, 0) is 6.54 Å². The van der Waals surface area contributed by atoms with E-state index in [0.29, 0.717) is 22.6 Å². The molecule has 1 saturated carbocycles. The highest BCUT2D eigenvalue weighted by Crippen LogP contribution is 2.34. The fourth-order valence-corrected chi connectivity index (χ4v) is 2.71. The molecule has 1 fully saturated rings. The molecule has 1 aromatic heterocycles. The first-order chi connectivity index (χ1) is 9.65. The third kappa shape index (κ3) is 2.95. The van der Waals surface area contributed by atoms with E-state index in [1.165, 1.54) is 0 Å². The van der Waals surface area contributed by atoms with E-state index < -0.39 is 0 Å².